The molecule has 0 saturated carbocycles. The van der Waals surface area contributed by atoms with Crippen LogP contribution in [-0.4, -0.2) is 59.9 Å². The fourth-order valence-corrected chi connectivity index (χ4v) is 2.22. The second kappa shape index (κ2) is 9.50. The first-order valence-corrected chi connectivity index (χ1v) is 7.06. The molecule has 0 amide bonds. The maximum absolute atomic E-state index is 10.8. The molecule has 114 valence electrons. The first-order chi connectivity index (χ1) is 9.59. The standard InChI is InChI=1S/C14H23NO5/c16-13(17)11-12(14(18)19)5-3-1-2-4-6-15-7-9-20-10-8-15/h11H,1-10H2,(H,16,17)(H,18,19). The monoisotopic (exact) mass is 285 g/mol. The molecule has 0 radical (unpaired) electrons. The van der Waals surface area contributed by atoms with E-state index in [2.05, 4.69) is 4.90 Å². The Labute approximate surface area is 119 Å². The second-order valence-corrected chi connectivity index (χ2v) is 4.93. The van der Waals surface area contributed by atoms with Crippen LogP contribution in [0.3, 0.4) is 0 Å². The zero-order valence-corrected chi connectivity index (χ0v) is 11.7. The van der Waals surface area contributed by atoms with E-state index < -0.39 is 11.9 Å². The molecule has 1 rings (SSSR count). The molecule has 1 aliphatic heterocycles. The van der Waals surface area contributed by atoms with Gasteiger partial charge in [0.25, 0.3) is 0 Å². The van der Waals surface area contributed by atoms with Crippen LogP contribution in [0.5, 0.6) is 0 Å². The second-order valence-electron chi connectivity index (χ2n) is 4.93. The zero-order valence-electron chi connectivity index (χ0n) is 11.7. The lowest BCUT2D eigenvalue weighted by Crippen LogP contribution is -2.36. The van der Waals surface area contributed by atoms with Gasteiger partial charge in [0.2, 0.25) is 0 Å². The number of rotatable bonds is 9. The molecule has 1 fully saturated rings. The van der Waals surface area contributed by atoms with Gasteiger partial charge in [-0.2, -0.15) is 0 Å². The van der Waals surface area contributed by atoms with Gasteiger partial charge >= 0.3 is 11.9 Å². The average Bonchev–Trinajstić information content (AvgIpc) is 2.41. The van der Waals surface area contributed by atoms with E-state index in [-0.39, 0.29) is 5.57 Å². The van der Waals surface area contributed by atoms with Gasteiger partial charge < -0.3 is 14.9 Å². The van der Waals surface area contributed by atoms with Gasteiger partial charge in [0.1, 0.15) is 0 Å². The predicted molar refractivity (Wildman–Crippen MR) is 73.7 cm³/mol. The maximum Gasteiger partial charge on any atom is 0.331 e. The first kappa shape index (κ1) is 16.7. The van der Waals surface area contributed by atoms with Crippen molar-refractivity contribution in [2.24, 2.45) is 0 Å². The normalized spacial score (nSPS) is 17.1. The Kier molecular flexibility index (Phi) is 7.91. The first-order valence-electron chi connectivity index (χ1n) is 7.06. The highest BCUT2D eigenvalue weighted by Crippen LogP contribution is 2.11. The molecule has 0 aromatic carbocycles. The van der Waals surface area contributed by atoms with E-state index in [4.69, 9.17) is 14.9 Å². The van der Waals surface area contributed by atoms with Gasteiger partial charge in [-0.15, -0.1) is 0 Å². The summed E-state index contributed by atoms with van der Waals surface area (Å²) in [4.78, 5) is 23.7. The molecule has 1 saturated heterocycles. The maximum atomic E-state index is 10.8. The Bertz CT molecular complexity index is 347. The van der Waals surface area contributed by atoms with E-state index in [9.17, 15) is 9.59 Å². The molecule has 0 aromatic heterocycles. The van der Waals surface area contributed by atoms with Crippen molar-refractivity contribution in [1.29, 1.82) is 0 Å². The van der Waals surface area contributed by atoms with E-state index in [0.717, 1.165) is 58.2 Å². The van der Waals surface area contributed by atoms with Crippen LogP contribution in [0.25, 0.3) is 0 Å². The minimum atomic E-state index is -1.20. The number of carbonyl (C=O) groups is 2. The molecule has 6 heteroatoms. The summed E-state index contributed by atoms with van der Waals surface area (Å²) in [7, 11) is 0. The Morgan fingerprint density at radius 1 is 1.05 bits per heavy atom. The zero-order chi connectivity index (χ0) is 14.8. The largest absolute Gasteiger partial charge is 0.478 e. The van der Waals surface area contributed by atoms with Crippen molar-refractivity contribution in [3.05, 3.63) is 11.6 Å². The molecule has 2 N–H and O–H groups in total. The van der Waals surface area contributed by atoms with Crippen molar-refractivity contribution in [2.45, 2.75) is 32.1 Å². The van der Waals surface area contributed by atoms with Crippen molar-refractivity contribution in [1.82, 2.24) is 4.90 Å². The molecule has 1 aliphatic rings. The summed E-state index contributed by atoms with van der Waals surface area (Å²) >= 11 is 0. The minimum absolute atomic E-state index is 0.0225. The molecular weight excluding hydrogens is 262 g/mol. The Morgan fingerprint density at radius 3 is 2.30 bits per heavy atom. The molecule has 0 aromatic rings. The number of carboxylic acids is 2. The van der Waals surface area contributed by atoms with Crippen LogP contribution in [0.2, 0.25) is 0 Å². The smallest absolute Gasteiger partial charge is 0.331 e. The molecule has 20 heavy (non-hydrogen) atoms. The summed E-state index contributed by atoms with van der Waals surface area (Å²) in [6, 6.07) is 0. The highest BCUT2D eigenvalue weighted by Gasteiger charge is 2.10. The Morgan fingerprint density at radius 2 is 1.70 bits per heavy atom. The number of aliphatic carboxylic acids is 2. The third-order valence-corrected chi connectivity index (χ3v) is 3.35. The van der Waals surface area contributed by atoms with Crippen LogP contribution in [0, 0.1) is 0 Å². The van der Waals surface area contributed by atoms with Crippen LogP contribution in [0.4, 0.5) is 0 Å². The van der Waals surface area contributed by atoms with Crippen molar-refractivity contribution >= 4 is 11.9 Å². The average molecular weight is 285 g/mol. The third kappa shape index (κ3) is 7.25. The van der Waals surface area contributed by atoms with Crippen molar-refractivity contribution < 1.29 is 24.5 Å². The van der Waals surface area contributed by atoms with Crippen LogP contribution < -0.4 is 0 Å². The lowest BCUT2D eigenvalue weighted by molar-refractivity contribution is -0.135. The molecule has 0 spiro atoms. The minimum Gasteiger partial charge on any atom is -0.478 e. The lowest BCUT2D eigenvalue weighted by atomic mass is 10.1. The number of hydrogen-bond acceptors (Lipinski definition) is 4. The van der Waals surface area contributed by atoms with Gasteiger partial charge in [0.15, 0.2) is 0 Å². The molecule has 1 heterocycles. The Balaban J connectivity index is 2.08. The number of carboxylic acid groups (broad SMARTS) is 2. The fourth-order valence-electron chi connectivity index (χ4n) is 2.22. The summed E-state index contributed by atoms with van der Waals surface area (Å²) in [6.45, 7) is 4.65. The van der Waals surface area contributed by atoms with E-state index in [0.29, 0.717) is 12.8 Å². The number of hydrogen-bond donors (Lipinski definition) is 2. The van der Waals surface area contributed by atoms with Crippen molar-refractivity contribution in [3.8, 4) is 0 Å². The number of nitrogens with zero attached hydrogens (tertiary/aromatic N) is 1. The topological polar surface area (TPSA) is 87.1 Å². The van der Waals surface area contributed by atoms with Gasteiger partial charge in [0.05, 0.1) is 13.2 Å². The van der Waals surface area contributed by atoms with E-state index in [1.54, 1.807) is 0 Å². The highest BCUT2D eigenvalue weighted by molar-refractivity contribution is 5.94. The third-order valence-electron chi connectivity index (χ3n) is 3.35. The molecule has 0 aliphatic carbocycles. The lowest BCUT2D eigenvalue weighted by Gasteiger charge is -2.26. The summed E-state index contributed by atoms with van der Waals surface area (Å²) in [5.41, 5.74) is -0.0225. The van der Waals surface area contributed by atoms with Gasteiger partial charge in [0, 0.05) is 24.7 Å². The molecule has 0 unspecified atom stereocenters. The molecule has 0 bridgehead atoms. The number of morpholine rings is 1. The van der Waals surface area contributed by atoms with Crippen molar-refractivity contribution in [2.75, 3.05) is 32.8 Å². The molecule has 6 nitrogen and oxygen atoms in total. The van der Waals surface area contributed by atoms with Crippen LogP contribution in [0.1, 0.15) is 32.1 Å². The predicted octanol–water partition coefficient (Wildman–Crippen LogP) is 1.36. The Hall–Kier alpha value is -1.40. The quantitative estimate of drug-likeness (QED) is 0.491. The summed E-state index contributed by atoms with van der Waals surface area (Å²) in [5.74, 6) is -2.34. The fraction of sp³-hybridized carbons (Fsp3) is 0.714. The van der Waals surface area contributed by atoms with Crippen LogP contribution in [0.15, 0.2) is 11.6 Å². The summed E-state index contributed by atoms with van der Waals surface area (Å²) in [5, 5.41) is 17.4. The van der Waals surface area contributed by atoms with Crippen molar-refractivity contribution in [3.63, 3.8) is 0 Å². The number of unbranched alkanes of at least 4 members (excludes halogenated alkanes) is 3. The van der Waals surface area contributed by atoms with Gasteiger partial charge in [-0.3, -0.25) is 4.90 Å². The van der Waals surface area contributed by atoms with Crippen LogP contribution in [-0.2, 0) is 14.3 Å². The van der Waals surface area contributed by atoms with Gasteiger partial charge in [-0.05, 0) is 25.8 Å². The molecular formula is C14H23NO5. The number of ether oxygens (including phenoxy) is 1. The van der Waals surface area contributed by atoms with E-state index in [1.807, 2.05) is 0 Å². The summed E-state index contributed by atoms with van der Waals surface area (Å²) in [6.07, 6.45) is 4.88. The van der Waals surface area contributed by atoms with E-state index in [1.165, 1.54) is 0 Å². The highest BCUT2D eigenvalue weighted by atomic mass is 16.5. The van der Waals surface area contributed by atoms with Gasteiger partial charge in [-0.25, -0.2) is 9.59 Å². The van der Waals surface area contributed by atoms with Gasteiger partial charge in [-0.1, -0.05) is 12.8 Å². The summed E-state index contributed by atoms with van der Waals surface area (Å²) < 4.78 is 5.27. The van der Waals surface area contributed by atoms with Crippen LogP contribution >= 0.6 is 0 Å². The molecule has 0 atom stereocenters. The van der Waals surface area contributed by atoms with E-state index >= 15 is 0 Å². The SMILES string of the molecule is O=C(O)C=C(CCCCCCN1CCOCC1)C(=O)O.